The topological polar surface area (TPSA) is 127 Å². The summed E-state index contributed by atoms with van der Waals surface area (Å²) in [5.74, 6) is 0.189. The molecule has 0 amide bonds. The minimum Gasteiger partial charge on any atom is -0.464 e. The van der Waals surface area contributed by atoms with Gasteiger partial charge in [-0.15, -0.1) is 0 Å². The number of piperazine rings is 1. The number of rotatable bonds is 6. The van der Waals surface area contributed by atoms with Crippen molar-refractivity contribution in [2.24, 2.45) is 0 Å². The highest BCUT2D eigenvalue weighted by Gasteiger charge is 2.15. The van der Waals surface area contributed by atoms with Gasteiger partial charge in [0.1, 0.15) is 5.52 Å². The maximum atomic E-state index is 12.4. The molecule has 0 saturated carbocycles. The van der Waals surface area contributed by atoms with E-state index in [0.29, 0.717) is 24.3 Å². The number of anilines is 1. The molecule has 28 heavy (non-hydrogen) atoms. The van der Waals surface area contributed by atoms with E-state index in [2.05, 4.69) is 30.2 Å². The van der Waals surface area contributed by atoms with E-state index in [0.717, 1.165) is 44.0 Å². The van der Waals surface area contributed by atoms with Crippen molar-refractivity contribution >= 4 is 17.0 Å². The molecule has 3 aromatic heterocycles. The van der Waals surface area contributed by atoms with Crippen molar-refractivity contribution in [1.29, 1.82) is 0 Å². The largest absolute Gasteiger partial charge is 0.464 e. The normalized spacial score (nSPS) is 15.2. The third-order valence-electron chi connectivity index (χ3n) is 4.73. The number of nitrogens with one attached hydrogen (secondary N) is 2. The average Bonchev–Trinajstić information content (AvgIpc) is 3.01. The van der Waals surface area contributed by atoms with Crippen LogP contribution in [0.1, 0.15) is 18.2 Å². The Bertz CT molecular complexity index is 1000. The fourth-order valence-corrected chi connectivity index (χ4v) is 3.29. The van der Waals surface area contributed by atoms with Crippen molar-refractivity contribution in [1.82, 2.24) is 34.7 Å². The van der Waals surface area contributed by atoms with Gasteiger partial charge >= 0.3 is 11.7 Å². The minimum absolute atomic E-state index is 0.157. The van der Waals surface area contributed by atoms with E-state index in [1.54, 1.807) is 6.20 Å². The molecule has 1 aliphatic rings. The van der Waals surface area contributed by atoms with Crippen LogP contribution in [0.15, 0.2) is 23.1 Å². The zero-order chi connectivity index (χ0) is 19.5. The van der Waals surface area contributed by atoms with E-state index in [9.17, 15) is 4.79 Å². The molecule has 148 valence electrons. The molecule has 10 nitrogen and oxygen atoms in total. The molecule has 0 bridgehead atoms. The molecule has 4 heterocycles. The van der Waals surface area contributed by atoms with Crippen LogP contribution in [-0.2, 0) is 13.1 Å². The first kappa shape index (κ1) is 18.4. The fourth-order valence-electron chi connectivity index (χ4n) is 3.29. The molecule has 0 atom stereocenters. The SMILES string of the molecule is CCOc1nc(N)c2[nH]c(=O)n(Cc3ccc(CN4CCNCC4)nc3)c2n1. The fraction of sp³-hybridized carbons (Fsp3) is 0.444. The van der Waals surface area contributed by atoms with Crippen molar-refractivity contribution in [3.8, 4) is 6.01 Å². The summed E-state index contributed by atoms with van der Waals surface area (Å²) in [6, 6.07) is 4.15. The number of ether oxygens (including phenoxy) is 1. The van der Waals surface area contributed by atoms with Gasteiger partial charge in [0, 0.05) is 38.9 Å². The third kappa shape index (κ3) is 3.82. The van der Waals surface area contributed by atoms with Crippen molar-refractivity contribution in [3.63, 3.8) is 0 Å². The first-order chi connectivity index (χ1) is 13.6. The molecule has 1 saturated heterocycles. The van der Waals surface area contributed by atoms with Crippen molar-refractivity contribution in [2.75, 3.05) is 38.5 Å². The summed E-state index contributed by atoms with van der Waals surface area (Å²) in [5.41, 5.74) is 8.40. The van der Waals surface area contributed by atoms with Crippen LogP contribution >= 0.6 is 0 Å². The Morgan fingerprint density at radius 1 is 1.21 bits per heavy atom. The zero-order valence-corrected chi connectivity index (χ0v) is 15.8. The summed E-state index contributed by atoms with van der Waals surface area (Å²) in [6.07, 6.45) is 1.80. The lowest BCUT2D eigenvalue weighted by atomic mass is 10.2. The van der Waals surface area contributed by atoms with Gasteiger partial charge in [-0.2, -0.15) is 9.97 Å². The van der Waals surface area contributed by atoms with Crippen LogP contribution < -0.4 is 21.5 Å². The number of aromatic amines is 1. The first-order valence-electron chi connectivity index (χ1n) is 9.39. The van der Waals surface area contributed by atoms with Gasteiger partial charge in [-0.25, -0.2) is 4.79 Å². The predicted octanol–water partition coefficient (Wildman–Crippen LogP) is -0.0510. The van der Waals surface area contributed by atoms with E-state index in [1.807, 2.05) is 19.1 Å². The van der Waals surface area contributed by atoms with Crippen molar-refractivity contribution < 1.29 is 4.74 Å². The molecular weight excluding hydrogens is 360 g/mol. The van der Waals surface area contributed by atoms with Crippen molar-refractivity contribution in [3.05, 3.63) is 40.1 Å². The van der Waals surface area contributed by atoms with Gasteiger partial charge in [-0.3, -0.25) is 14.5 Å². The monoisotopic (exact) mass is 384 g/mol. The molecule has 4 N–H and O–H groups in total. The van der Waals surface area contributed by atoms with Crippen molar-refractivity contribution in [2.45, 2.75) is 20.0 Å². The maximum absolute atomic E-state index is 12.4. The lowest BCUT2D eigenvalue weighted by molar-refractivity contribution is 0.230. The molecule has 0 unspecified atom stereocenters. The van der Waals surface area contributed by atoms with Gasteiger partial charge in [-0.1, -0.05) is 6.07 Å². The number of hydrogen-bond donors (Lipinski definition) is 3. The second-order valence-electron chi connectivity index (χ2n) is 6.72. The zero-order valence-electron chi connectivity index (χ0n) is 15.8. The average molecular weight is 384 g/mol. The van der Waals surface area contributed by atoms with Crippen LogP contribution in [0.4, 0.5) is 5.82 Å². The molecule has 4 rings (SSSR count). The van der Waals surface area contributed by atoms with Crippen LogP contribution in [0.5, 0.6) is 6.01 Å². The van der Waals surface area contributed by atoms with Crippen LogP contribution in [0.3, 0.4) is 0 Å². The van der Waals surface area contributed by atoms with E-state index in [4.69, 9.17) is 10.5 Å². The van der Waals surface area contributed by atoms with Gasteiger partial charge in [0.2, 0.25) is 0 Å². The first-order valence-corrected chi connectivity index (χ1v) is 9.39. The second kappa shape index (κ2) is 7.95. The molecule has 0 aliphatic carbocycles. The highest BCUT2D eigenvalue weighted by molar-refractivity contribution is 5.81. The Morgan fingerprint density at radius 2 is 2.04 bits per heavy atom. The number of nitrogens with two attached hydrogens (primary N) is 1. The van der Waals surface area contributed by atoms with E-state index in [1.165, 1.54) is 4.57 Å². The number of pyridine rings is 1. The Hall–Kier alpha value is -2.98. The molecule has 0 spiro atoms. The molecule has 0 aromatic carbocycles. The third-order valence-corrected chi connectivity index (χ3v) is 4.73. The minimum atomic E-state index is -0.297. The maximum Gasteiger partial charge on any atom is 0.328 e. The number of fused-ring (bicyclic) bond motifs is 1. The Morgan fingerprint density at radius 3 is 2.75 bits per heavy atom. The van der Waals surface area contributed by atoms with Crippen LogP contribution in [0.25, 0.3) is 11.2 Å². The Labute approximate surface area is 161 Å². The Kier molecular flexibility index (Phi) is 5.22. The standard InChI is InChI=1S/C18H24N8O2/c1-2-28-17-23-15(19)14-16(24-17)26(18(27)22-14)10-12-3-4-13(21-9-12)11-25-7-5-20-6-8-25/h3-4,9,20H,2,5-8,10-11H2,1H3,(H,22,27)(H2,19,23,24). The summed E-state index contributed by atoms with van der Waals surface area (Å²) in [4.78, 5) is 30.4. The lowest BCUT2D eigenvalue weighted by Gasteiger charge is -2.26. The molecule has 3 aromatic rings. The van der Waals surface area contributed by atoms with Gasteiger partial charge in [0.25, 0.3) is 0 Å². The van der Waals surface area contributed by atoms with E-state index in [-0.39, 0.29) is 17.5 Å². The summed E-state index contributed by atoms with van der Waals surface area (Å²) < 4.78 is 6.86. The number of imidazole rings is 1. The summed E-state index contributed by atoms with van der Waals surface area (Å²) in [6.45, 7) is 7.49. The van der Waals surface area contributed by atoms with E-state index < -0.39 is 0 Å². The number of nitrogen functional groups attached to an aromatic ring is 1. The number of H-pyrrole nitrogens is 1. The van der Waals surface area contributed by atoms with Crippen LogP contribution in [-0.4, -0.2) is 62.2 Å². The summed E-state index contributed by atoms with van der Waals surface area (Å²) in [5, 5.41) is 3.34. The Balaban J connectivity index is 1.55. The predicted molar refractivity (Wildman–Crippen MR) is 105 cm³/mol. The molecule has 1 aliphatic heterocycles. The molecular formula is C18H24N8O2. The van der Waals surface area contributed by atoms with Crippen LogP contribution in [0, 0.1) is 0 Å². The summed E-state index contributed by atoms with van der Waals surface area (Å²) >= 11 is 0. The van der Waals surface area contributed by atoms with Gasteiger partial charge < -0.3 is 20.8 Å². The van der Waals surface area contributed by atoms with Crippen LogP contribution in [0.2, 0.25) is 0 Å². The number of aromatic nitrogens is 5. The number of nitrogens with zero attached hydrogens (tertiary/aromatic N) is 5. The smallest absolute Gasteiger partial charge is 0.328 e. The highest BCUT2D eigenvalue weighted by Crippen LogP contribution is 2.18. The van der Waals surface area contributed by atoms with E-state index >= 15 is 0 Å². The molecule has 10 heteroatoms. The molecule has 0 radical (unpaired) electrons. The second-order valence-corrected chi connectivity index (χ2v) is 6.72. The molecule has 1 fully saturated rings. The van der Waals surface area contributed by atoms with Gasteiger partial charge in [0.05, 0.1) is 18.8 Å². The van der Waals surface area contributed by atoms with Gasteiger partial charge in [0.15, 0.2) is 11.5 Å². The van der Waals surface area contributed by atoms with Gasteiger partial charge in [-0.05, 0) is 18.6 Å². The summed E-state index contributed by atoms with van der Waals surface area (Å²) in [7, 11) is 0. The quantitative estimate of drug-likeness (QED) is 0.540. The number of hydrogen-bond acceptors (Lipinski definition) is 8. The lowest BCUT2D eigenvalue weighted by Crippen LogP contribution is -2.43. The highest BCUT2D eigenvalue weighted by atomic mass is 16.5.